The van der Waals surface area contributed by atoms with Crippen LogP contribution in [0.1, 0.15) is 18.9 Å². The van der Waals surface area contributed by atoms with Crippen LogP contribution >= 0.6 is 11.6 Å². The van der Waals surface area contributed by atoms with Crippen molar-refractivity contribution in [3.63, 3.8) is 0 Å². The van der Waals surface area contributed by atoms with Crippen molar-refractivity contribution < 1.29 is 4.39 Å². The third-order valence-corrected chi connectivity index (χ3v) is 2.36. The summed E-state index contributed by atoms with van der Waals surface area (Å²) in [6.45, 7) is 3.34. The molecule has 82 valence electrons. The molecule has 0 bridgehead atoms. The maximum absolute atomic E-state index is 13.4. The Morgan fingerprint density at radius 1 is 1.47 bits per heavy atom. The number of allylic oxidation sites excluding steroid dienone is 1. The summed E-state index contributed by atoms with van der Waals surface area (Å²) in [6, 6.07) is 5.05. The van der Waals surface area contributed by atoms with Crippen molar-refractivity contribution in [3.05, 3.63) is 46.8 Å². The summed E-state index contributed by atoms with van der Waals surface area (Å²) < 4.78 is 13.4. The zero-order valence-electron chi connectivity index (χ0n) is 8.76. The average molecular weight is 228 g/mol. The van der Waals surface area contributed by atoms with Gasteiger partial charge in [-0.1, -0.05) is 35.9 Å². The lowest BCUT2D eigenvalue weighted by Crippen LogP contribution is -2.15. The molecule has 1 aromatic carbocycles. The van der Waals surface area contributed by atoms with Gasteiger partial charge in [0, 0.05) is 12.1 Å². The SMILES string of the molecule is C/C=C/CCNCc1cccc(Cl)c1F. The van der Waals surface area contributed by atoms with E-state index in [1.165, 1.54) is 0 Å². The van der Waals surface area contributed by atoms with Crippen LogP contribution in [0.2, 0.25) is 5.02 Å². The minimum Gasteiger partial charge on any atom is -0.312 e. The molecule has 0 aliphatic heterocycles. The Balaban J connectivity index is 2.40. The number of hydrogen-bond acceptors (Lipinski definition) is 1. The minimum absolute atomic E-state index is 0.183. The highest BCUT2D eigenvalue weighted by atomic mass is 35.5. The number of nitrogens with one attached hydrogen (secondary N) is 1. The lowest BCUT2D eigenvalue weighted by Gasteiger charge is -2.05. The Kier molecular flexibility index (Phi) is 5.37. The molecular formula is C12H15ClFN. The van der Waals surface area contributed by atoms with Crippen molar-refractivity contribution in [2.45, 2.75) is 19.9 Å². The van der Waals surface area contributed by atoms with E-state index in [2.05, 4.69) is 11.4 Å². The lowest BCUT2D eigenvalue weighted by molar-refractivity contribution is 0.590. The number of benzene rings is 1. The summed E-state index contributed by atoms with van der Waals surface area (Å²) in [5.41, 5.74) is 0.614. The molecule has 0 atom stereocenters. The first-order valence-electron chi connectivity index (χ1n) is 5.00. The van der Waals surface area contributed by atoms with Gasteiger partial charge in [0.25, 0.3) is 0 Å². The predicted molar refractivity (Wildman–Crippen MR) is 62.5 cm³/mol. The van der Waals surface area contributed by atoms with Gasteiger partial charge in [0.2, 0.25) is 0 Å². The van der Waals surface area contributed by atoms with Gasteiger partial charge in [-0.25, -0.2) is 4.39 Å². The Morgan fingerprint density at radius 3 is 3.00 bits per heavy atom. The van der Waals surface area contributed by atoms with Crippen molar-refractivity contribution >= 4 is 11.6 Å². The molecule has 0 aromatic heterocycles. The molecule has 0 unspecified atom stereocenters. The molecule has 0 amide bonds. The van der Waals surface area contributed by atoms with Crippen LogP contribution < -0.4 is 5.32 Å². The van der Waals surface area contributed by atoms with Crippen molar-refractivity contribution in [3.8, 4) is 0 Å². The second kappa shape index (κ2) is 6.59. The second-order valence-corrected chi connectivity index (χ2v) is 3.65. The largest absolute Gasteiger partial charge is 0.312 e. The average Bonchev–Trinajstić information content (AvgIpc) is 2.24. The third-order valence-electron chi connectivity index (χ3n) is 2.07. The fourth-order valence-corrected chi connectivity index (χ4v) is 1.45. The van der Waals surface area contributed by atoms with Gasteiger partial charge < -0.3 is 5.32 Å². The van der Waals surface area contributed by atoms with Crippen LogP contribution in [-0.2, 0) is 6.54 Å². The fraction of sp³-hybridized carbons (Fsp3) is 0.333. The predicted octanol–water partition coefficient (Wildman–Crippen LogP) is 3.53. The van der Waals surface area contributed by atoms with Crippen molar-refractivity contribution in [2.75, 3.05) is 6.54 Å². The topological polar surface area (TPSA) is 12.0 Å². The number of halogens is 2. The van der Waals surface area contributed by atoms with Crippen LogP contribution in [0.25, 0.3) is 0 Å². The monoisotopic (exact) mass is 227 g/mol. The molecule has 0 saturated carbocycles. The van der Waals surface area contributed by atoms with E-state index in [0.29, 0.717) is 12.1 Å². The van der Waals surface area contributed by atoms with Crippen LogP contribution in [0.5, 0.6) is 0 Å². The summed E-state index contributed by atoms with van der Waals surface area (Å²) in [4.78, 5) is 0. The van der Waals surface area contributed by atoms with Crippen LogP contribution in [-0.4, -0.2) is 6.54 Å². The minimum atomic E-state index is -0.322. The normalized spacial score (nSPS) is 11.1. The first-order chi connectivity index (χ1) is 7.25. The summed E-state index contributed by atoms with van der Waals surface area (Å²) >= 11 is 5.66. The van der Waals surface area contributed by atoms with E-state index < -0.39 is 0 Å². The van der Waals surface area contributed by atoms with Crippen molar-refractivity contribution in [1.82, 2.24) is 5.32 Å². The van der Waals surface area contributed by atoms with Gasteiger partial charge >= 0.3 is 0 Å². The highest BCUT2D eigenvalue weighted by Gasteiger charge is 2.04. The summed E-state index contributed by atoms with van der Waals surface area (Å²) in [6.07, 6.45) is 5.03. The molecule has 0 aliphatic rings. The van der Waals surface area contributed by atoms with E-state index >= 15 is 0 Å². The molecule has 1 rings (SSSR count). The first kappa shape index (κ1) is 12.2. The zero-order valence-corrected chi connectivity index (χ0v) is 9.52. The van der Waals surface area contributed by atoms with Gasteiger partial charge in [0.05, 0.1) is 5.02 Å². The van der Waals surface area contributed by atoms with Crippen LogP contribution in [0.3, 0.4) is 0 Å². The maximum Gasteiger partial charge on any atom is 0.146 e. The molecule has 0 radical (unpaired) electrons. The Morgan fingerprint density at radius 2 is 2.27 bits per heavy atom. The molecule has 1 nitrogen and oxygen atoms in total. The van der Waals surface area contributed by atoms with Crippen LogP contribution in [0.4, 0.5) is 4.39 Å². The summed E-state index contributed by atoms with van der Waals surface area (Å²) in [7, 11) is 0. The van der Waals surface area contributed by atoms with Crippen molar-refractivity contribution in [2.24, 2.45) is 0 Å². The van der Waals surface area contributed by atoms with Gasteiger partial charge in [-0.15, -0.1) is 0 Å². The smallest absolute Gasteiger partial charge is 0.146 e. The molecule has 0 spiro atoms. The van der Waals surface area contributed by atoms with E-state index in [1.54, 1.807) is 18.2 Å². The van der Waals surface area contributed by atoms with E-state index in [1.807, 2.05) is 13.0 Å². The van der Waals surface area contributed by atoms with E-state index in [0.717, 1.165) is 13.0 Å². The molecule has 15 heavy (non-hydrogen) atoms. The molecule has 0 aliphatic carbocycles. The molecule has 0 heterocycles. The number of hydrogen-bond donors (Lipinski definition) is 1. The highest BCUT2D eigenvalue weighted by Crippen LogP contribution is 2.17. The zero-order chi connectivity index (χ0) is 11.1. The quantitative estimate of drug-likeness (QED) is 0.600. The highest BCUT2D eigenvalue weighted by molar-refractivity contribution is 6.30. The van der Waals surface area contributed by atoms with Crippen LogP contribution in [0, 0.1) is 5.82 Å². The summed E-state index contributed by atoms with van der Waals surface area (Å²) in [5.74, 6) is -0.322. The van der Waals surface area contributed by atoms with Crippen LogP contribution in [0.15, 0.2) is 30.4 Å². The lowest BCUT2D eigenvalue weighted by atomic mass is 10.2. The maximum atomic E-state index is 13.4. The third kappa shape index (κ3) is 4.02. The standard InChI is InChI=1S/C12H15ClFN/c1-2-3-4-8-15-9-10-6-5-7-11(13)12(10)14/h2-3,5-7,15H,4,8-9H2,1H3/b3-2+. The van der Waals surface area contributed by atoms with Gasteiger partial charge in [0.15, 0.2) is 0 Å². The Hall–Kier alpha value is -0.860. The van der Waals surface area contributed by atoms with E-state index in [-0.39, 0.29) is 10.8 Å². The fourth-order valence-electron chi connectivity index (χ4n) is 1.26. The van der Waals surface area contributed by atoms with Crippen molar-refractivity contribution in [1.29, 1.82) is 0 Å². The molecule has 3 heteroatoms. The van der Waals surface area contributed by atoms with Gasteiger partial charge in [-0.3, -0.25) is 0 Å². The van der Waals surface area contributed by atoms with Gasteiger partial charge in [-0.2, -0.15) is 0 Å². The Labute approximate surface area is 95.0 Å². The van der Waals surface area contributed by atoms with E-state index in [4.69, 9.17) is 11.6 Å². The molecule has 1 N–H and O–H groups in total. The summed E-state index contributed by atoms with van der Waals surface area (Å²) in [5, 5.41) is 3.34. The first-order valence-corrected chi connectivity index (χ1v) is 5.38. The molecule has 0 saturated heterocycles. The molecule has 1 aromatic rings. The van der Waals surface area contributed by atoms with Gasteiger partial charge in [0.1, 0.15) is 5.82 Å². The molecular weight excluding hydrogens is 213 g/mol. The number of rotatable bonds is 5. The van der Waals surface area contributed by atoms with E-state index in [9.17, 15) is 4.39 Å². The molecule has 0 fully saturated rings. The van der Waals surface area contributed by atoms with Gasteiger partial charge in [-0.05, 0) is 26.0 Å². The Bertz CT molecular complexity index is 336. The second-order valence-electron chi connectivity index (χ2n) is 3.25.